The van der Waals surface area contributed by atoms with Gasteiger partial charge in [-0.3, -0.25) is 0 Å². The summed E-state index contributed by atoms with van der Waals surface area (Å²) in [6.45, 7) is 4.70. The molecule has 4 nitrogen and oxygen atoms in total. The van der Waals surface area contributed by atoms with Gasteiger partial charge in [0, 0.05) is 6.04 Å². The number of hydrogen-bond donors (Lipinski definition) is 0. The van der Waals surface area contributed by atoms with E-state index >= 15 is 0 Å². The Morgan fingerprint density at radius 3 is 2.56 bits per heavy atom. The van der Waals surface area contributed by atoms with E-state index in [1.54, 1.807) is 0 Å². The maximum atomic E-state index is 11.4. The summed E-state index contributed by atoms with van der Waals surface area (Å²) >= 11 is 0. The molecular weight excluding hydrogens is 248 g/mol. The zero-order chi connectivity index (χ0) is 13.0. The van der Waals surface area contributed by atoms with Gasteiger partial charge in [-0.25, -0.2) is 8.42 Å². The predicted molar refractivity (Wildman–Crippen MR) is 74.6 cm³/mol. The fourth-order valence-electron chi connectivity index (χ4n) is 3.03. The fraction of sp³-hybridized carbons (Fsp3) is 1.00. The van der Waals surface area contributed by atoms with Gasteiger partial charge in [0.2, 0.25) is 0 Å². The SMILES string of the molecule is CN(CCCN1CCCCC1)C1CCS(=O)(=O)C1. The van der Waals surface area contributed by atoms with Crippen LogP contribution in [0.5, 0.6) is 0 Å². The van der Waals surface area contributed by atoms with Gasteiger partial charge in [-0.15, -0.1) is 0 Å². The molecule has 5 heteroatoms. The Kier molecular flexibility index (Phi) is 5.04. The van der Waals surface area contributed by atoms with Crippen LogP contribution in [0.1, 0.15) is 32.1 Å². The average molecular weight is 274 g/mol. The molecule has 2 rings (SSSR count). The molecule has 0 spiro atoms. The molecule has 0 aromatic carbocycles. The van der Waals surface area contributed by atoms with E-state index in [9.17, 15) is 8.42 Å². The smallest absolute Gasteiger partial charge is 0.151 e. The van der Waals surface area contributed by atoms with Crippen molar-refractivity contribution in [3.05, 3.63) is 0 Å². The summed E-state index contributed by atoms with van der Waals surface area (Å²) in [5.41, 5.74) is 0. The molecule has 2 aliphatic heterocycles. The quantitative estimate of drug-likeness (QED) is 0.749. The normalized spacial score (nSPS) is 28.9. The van der Waals surface area contributed by atoms with Crippen LogP contribution in [0.3, 0.4) is 0 Å². The first-order valence-corrected chi connectivity index (χ1v) is 9.02. The number of hydrogen-bond acceptors (Lipinski definition) is 4. The molecule has 1 atom stereocenters. The maximum absolute atomic E-state index is 11.4. The minimum atomic E-state index is -2.74. The van der Waals surface area contributed by atoms with Crippen molar-refractivity contribution in [1.82, 2.24) is 9.80 Å². The molecule has 0 aliphatic carbocycles. The molecule has 2 heterocycles. The lowest BCUT2D eigenvalue weighted by molar-refractivity contribution is 0.199. The molecule has 18 heavy (non-hydrogen) atoms. The summed E-state index contributed by atoms with van der Waals surface area (Å²) in [5, 5.41) is 0. The van der Waals surface area contributed by atoms with Gasteiger partial charge in [-0.05, 0) is 58.9 Å². The molecule has 1 unspecified atom stereocenters. The van der Waals surface area contributed by atoms with Gasteiger partial charge >= 0.3 is 0 Å². The topological polar surface area (TPSA) is 40.6 Å². The van der Waals surface area contributed by atoms with Crippen molar-refractivity contribution >= 4 is 9.84 Å². The Morgan fingerprint density at radius 2 is 1.94 bits per heavy atom. The van der Waals surface area contributed by atoms with E-state index in [0.29, 0.717) is 11.5 Å². The summed E-state index contributed by atoms with van der Waals surface area (Å²) in [6.07, 6.45) is 6.05. The van der Waals surface area contributed by atoms with Crippen LogP contribution in [0, 0.1) is 0 Å². The molecular formula is C13H26N2O2S. The lowest BCUT2D eigenvalue weighted by atomic mass is 10.1. The van der Waals surface area contributed by atoms with Crippen molar-refractivity contribution in [2.45, 2.75) is 38.1 Å². The van der Waals surface area contributed by atoms with Crippen molar-refractivity contribution in [2.24, 2.45) is 0 Å². The molecule has 2 saturated heterocycles. The fourth-order valence-corrected chi connectivity index (χ4v) is 4.84. The standard InChI is InChI=1S/C13H26N2O2S/c1-14(13-6-11-18(16,17)12-13)7-5-10-15-8-3-2-4-9-15/h13H,2-12H2,1H3. The summed E-state index contributed by atoms with van der Waals surface area (Å²) in [6, 6.07) is 0.261. The monoisotopic (exact) mass is 274 g/mol. The minimum Gasteiger partial charge on any atom is -0.303 e. The minimum absolute atomic E-state index is 0.261. The van der Waals surface area contributed by atoms with Gasteiger partial charge in [-0.2, -0.15) is 0 Å². The Balaban J connectivity index is 1.64. The van der Waals surface area contributed by atoms with Gasteiger partial charge in [-0.1, -0.05) is 6.42 Å². The Hall–Kier alpha value is -0.130. The van der Waals surface area contributed by atoms with Crippen LogP contribution < -0.4 is 0 Å². The second-order valence-corrected chi connectivity index (χ2v) is 8.02. The molecule has 2 aliphatic rings. The molecule has 0 aromatic rings. The van der Waals surface area contributed by atoms with Crippen LogP contribution in [-0.2, 0) is 9.84 Å². The lowest BCUT2D eigenvalue weighted by Crippen LogP contribution is -2.36. The number of likely N-dealkylation sites (tertiary alicyclic amines) is 1. The van der Waals surface area contributed by atoms with Gasteiger partial charge in [0.1, 0.15) is 0 Å². The van der Waals surface area contributed by atoms with Gasteiger partial charge in [0.15, 0.2) is 9.84 Å². The number of nitrogens with zero attached hydrogens (tertiary/aromatic N) is 2. The Bertz CT molecular complexity index is 350. The molecule has 0 radical (unpaired) electrons. The molecule has 0 amide bonds. The number of rotatable bonds is 5. The van der Waals surface area contributed by atoms with E-state index in [1.165, 1.54) is 38.9 Å². The van der Waals surface area contributed by atoms with E-state index in [0.717, 1.165) is 19.4 Å². The van der Waals surface area contributed by atoms with Crippen molar-refractivity contribution < 1.29 is 8.42 Å². The third-order valence-corrected chi connectivity index (χ3v) is 6.02. The van der Waals surface area contributed by atoms with E-state index in [-0.39, 0.29) is 6.04 Å². The van der Waals surface area contributed by atoms with Gasteiger partial charge in [0.05, 0.1) is 11.5 Å². The zero-order valence-electron chi connectivity index (χ0n) is 11.5. The highest BCUT2D eigenvalue weighted by molar-refractivity contribution is 7.91. The highest BCUT2D eigenvalue weighted by Crippen LogP contribution is 2.17. The van der Waals surface area contributed by atoms with E-state index < -0.39 is 9.84 Å². The zero-order valence-corrected chi connectivity index (χ0v) is 12.3. The second-order valence-electron chi connectivity index (χ2n) is 5.79. The van der Waals surface area contributed by atoms with Crippen molar-refractivity contribution in [2.75, 3.05) is 44.7 Å². The molecule has 2 fully saturated rings. The average Bonchev–Trinajstić information content (AvgIpc) is 2.71. The summed E-state index contributed by atoms with van der Waals surface area (Å²) < 4.78 is 22.9. The van der Waals surface area contributed by atoms with Crippen LogP contribution in [0.2, 0.25) is 0 Å². The third kappa shape index (κ3) is 4.21. The van der Waals surface area contributed by atoms with E-state index in [2.05, 4.69) is 16.8 Å². The lowest BCUT2D eigenvalue weighted by Gasteiger charge is -2.28. The van der Waals surface area contributed by atoms with Crippen molar-refractivity contribution in [1.29, 1.82) is 0 Å². The first-order valence-electron chi connectivity index (χ1n) is 7.20. The highest BCUT2D eigenvalue weighted by Gasteiger charge is 2.30. The van der Waals surface area contributed by atoms with Gasteiger partial charge < -0.3 is 9.80 Å². The van der Waals surface area contributed by atoms with E-state index in [4.69, 9.17) is 0 Å². The summed E-state index contributed by atoms with van der Waals surface area (Å²) in [5.74, 6) is 0.751. The van der Waals surface area contributed by atoms with Crippen LogP contribution in [0.15, 0.2) is 0 Å². The largest absolute Gasteiger partial charge is 0.303 e. The Morgan fingerprint density at radius 1 is 1.22 bits per heavy atom. The van der Waals surface area contributed by atoms with E-state index in [1.807, 2.05) is 0 Å². The maximum Gasteiger partial charge on any atom is 0.151 e. The first-order chi connectivity index (χ1) is 8.57. The molecule has 0 bridgehead atoms. The van der Waals surface area contributed by atoms with Crippen LogP contribution in [0.4, 0.5) is 0 Å². The third-order valence-electron chi connectivity index (χ3n) is 4.27. The van der Waals surface area contributed by atoms with Gasteiger partial charge in [0.25, 0.3) is 0 Å². The summed E-state index contributed by atoms with van der Waals surface area (Å²) in [7, 11) is -0.667. The summed E-state index contributed by atoms with van der Waals surface area (Å²) in [4.78, 5) is 4.79. The van der Waals surface area contributed by atoms with Crippen molar-refractivity contribution in [3.63, 3.8) is 0 Å². The van der Waals surface area contributed by atoms with Crippen LogP contribution >= 0.6 is 0 Å². The number of piperidine rings is 1. The molecule has 0 N–H and O–H groups in total. The molecule has 106 valence electrons. The van der Waals surface area contributed by atoms with Crippen molar-refractivity contribution in [3.8, 4) is 0 Å². The highest BCUT2D eigenvalue weighted by atomic mass is 32.2. The number of sulfone groups is 1. The van der Waals surface area contributed by atoms with Crippen LogP contribution in [0.25, 0.3) is 0 Å². The molecule has 0 aromatic heterocycles. The molecule has 0 saturated carbocycles. The van der Waals surface area contributed by atoms with Crippen LogP contribution in [-0.4, -0.2) is 69.0 Å². The Labute approximate surface area is 111 Å². The predicted octanol–water partition coefficient (Wildman–Crippen LogP) is 0.981. The second kappa shape index (κ2) is 6.35. The first kappa shape index (κ1) is 14.3.